The van der Waals surface area contributed by atoms with Crippen molar-refractivity contribution in [3.8, 4) is 0 Å². The second kappa shape index (κ2) is 7.61. The number of benzene rings is 2. The van der Waals surface area contributed by atoms with Crippen LogP contribution in [-0.2, 0) is 6.42 Å². The number of rotatable bonds is 5. The lowest BCUT2D eigenvalue weighted by molar-refractivity contribution is 0.102. The van der Waals surface area contributed by atoms with Crippen LogP contribution in [0.1, 0.15) is 15.9 Å². The maximum atomic E-state index is 12.4. The molecule has 0 heterocycles. The molecule has 0 saturated carbocycles. The van der Waals surface area contributed by atoms with Crippen molar-refractivity contribution < 1.29 is 9.90 Å². The summed E-state index contributed by atoms with van der Waals surface area (Å²) < 4.78 is 0. The summed E-state index contributed by atoms with van der Waals surface area (Å²) in [4.78, 5) is 12.4. The number of hydrogen-bond donors (Lipinski definition) is 3. The minimum Gasteiger partial charge on any atom is -0.395 e. The third kappa shape index (κ3) is 4.21. The molecule has 0 bridgehead atoms. The zero-order chi connectivity index (χ0) is 16.1. The molecule has 4 nitrogen and oxygen atoms in total. The molecule has 22 heavy (non-hydrogen) atoms. The lowest BCUT2D eigenvalue weighted by Crippen LogP contribution is -2.28. The van der Waals surface area contributed by atoms with Gasteiger partial charge in [0.15, 0.2) is 0 Å². The van der Waals surface area contributed by atoms with Crippen molar-refractivity contribution in [1.29, 1.82) is 0 Å². The van der Waals surface area contributed by atoms with Gasteiger partial charge in [0.05, 0.1) is 16.7 Å². The van der Waals surface area contributed by atoms with E-state index in [9.17, 15) is 4.79 Å². The van der Waals surface area contributed by atoms with Crippen LogP contribution in [0.25, 0.3) is 0 Å². The number of halogens is 2. The summed E-state index contributed by atoms with van der Waals surface area (Å²) in [5.41, 5.74) is 7.60. The molecule has 116 valence electrons. The first-order valence-corrected chi connectivity index (χ1v) is 7.47. The highest BCUT2D eigenvalue weighted by molar-refractivity contribution is 6.42. The number of aliphatic hydroxyl groups excluding tert-OH is 1. The highest BCUT2D eigenvalue weighted by Crippen LogP contribution is 2.25. The number of nitrogens with one attached hydrogen (secondary N) is 1. The molecule has 0 radical (unpaired) electrons. The van der Waals surface area contributed by atoms with Gasteiger partial charge in [0.1, 0.15) is 0 Å². The lowest BCUT2D eigenvalue weighted by Gasteiger charge is -2.13. The molecule has 0 spiro atoms. The van der Waals surface area contributed by atoms with Crippen molar-refractivity contribution in [2.45, 2.75) is 12.5 Å². The van der Waals surface area contributed by atoms with Gasteiger partial charge >= 0.3 is 0 Å². The molecule has 0 saturated heterocycles. The lowest BCUT2D eigenvalue weighted by atomic mass is 10.0. The van der Waals surface area contributed by atoms with Crippen LogP contribution in [-0.4, -0.2) is 23.7 Å². The highest BCUT2D eigenvalue weighted by Gasteiger charge is 2.13. The van der Waals surface area contributed by atoms with Gasteiger partial charge in [-0.3, -0.25) is 4.79 Å². The Labute approximate surface area is 138 Å². The Hall–Kier alpha value is -1.59. The van der Waals surface area contributed by atoms with E-state index in [1.807, 2.05) is 12.1 Å². The topological polar surface area (TPSA) is 75.3 Å². The van der Waals surface area contributed by atoms with E-state index in [4.69, 9.17) is 34.0 Å². The number of anilines is 1. The molecule has 6 heteroatoms. The summed E-state index contributed by atoms with van der Waals surface area (Å²) in [5.74, 6) is -0.265. The number of hydrogen-bond acceptors (Lipinski definition) is 3. The minimum atomic E-state index is -0.404. The molecule has 1 atom stereocenters. The third-order valence-electron chi connectivity index (χ3n) is 3.16. The van der Waals surface area contributed by atoms with Gasteiger partial charge in [-0.1, -0.05) is 41.4 Å². The fourth-order valence-corrected chi connectivity index (χ4v) is 2.34. The van der Waals surface area contributed by atoms with Gasteiger partial charge in [0, 0.05) is 17.3 Å². The number of aliphatic hydroxyl groups is 1. The molecule has 1 amide bonds. The van der Waals surface area contributed by atoms with Crippen molar-refractivity contribution in [3.63, 3.8) is 0 Å². The van der Waals surface area contributed by atoms with Crippen LogP contribution in [0.3, 0.4) is 0 Å². The SMILES string of the molecule is N[C@@H](CO)Cc1ccccc1C(=O)Nc1ccc(Cl)c(Cl)c1. The van der Waals surface area contributed by atoms with Gasteiger partial charge in [-0.25, -0.2) is 0 Å². The van der Waals surface area contributed by atoms with E-state index in [-0.39, 0.29) is 12.5 Å². The average molecular weight is 339 g/mol. The molecule has 2 aromatic rings. The van der Waals surface area contributed by atoms with Gasteiger partial charge in [-0.2, -0.15) is 0 Å². The Balaban J connectivity index is 2.20. The molecular formula is C16H16Cl2N2O2. The van der Waals surface area contributed by atoms with E-state index in [1.54, 1.807) is 30.3 Å². The van der Waals surface area contributed by atoms with Crippen molar-refractivity contribution in [2.24, 2.45) is 5.73 Å². The summed E-state index contributed by atoms with van der Waals surface area (Å²) in [5, 5.41) is 12.6. The molecule has 0 aliphatic heterocycles. The quantitative estimate of drug-likeness (QED) is 0.783. The molecule has 0 aromatic heterocycles. The van der Waals surface area contributed by atoms with Crippen molar-refractivity contribution in [1.82, 2.24) is 0 Å². The van der Waals surface area contributed by atoms with Crippen molar-refractivity contribution >= 4 is 34.8 Å². The molecule has 2 aromatic carbocycles. The highest BCUT2D eigenvalue weighted by atomic mass is 35.5. The first kappa shape index (κ1) is 16.8. The predicted molar refractivity (Wildman–Crippen MR) is 89.6 cm³/mol. The van der Waals surface area contributed by atoms with Crippen LogP contribution in [0, 0.1) is 0 Å². The smallest absolute Gasteiger partial charge is 0.255 e. The van der Waals surface area contributed by atoms with Crippen LogP contribution in [0.15, 0.2) is 42.5 Å². The first-order valence-electron chi connectivity index (χ1n) is 6.72. The van der Waals surface area contributed by atoms with Gasteiger partial charge in [-0.15, -0.1) is 0 Å². The Bertz CT molecular complexity index is 677. The first-order chi connectivity index (χ1) is 10.5. The van der Waals surface area contributed by atoms with E-state index in [0.29, 0.717) is 27.7 Å². The Morgan fingerprint density at radius 1 is 1.18 bits per heavy atom. The van der Waals surface area contributed by atoms with Crippen molar-refractivity contribution in [3.05, 3.63) is 63.6 Å². The fraction of sp³-hybridized carbons (Fsp3) is 0.188. The van der Waals surface area contributed by atoms with E-state index in [0.717, 1.165) is 5.56 Å². The van der Waals surface area contributed by atoms with Crippen LogP contribution in [0.5, 0.6) is 0 Å². The summed E-state index contributed by atoms with van der Waals surface area (Å²) in [6.45, 7) is -0.136. The largest absolute Gasteiger partial charge is 0.395 e. The maximum Gasteiger partial charge on any atom is 0.255 e. The second-order valence-corrected chi connectivity index (χ2v) is 5.70. The fourth-order valence-electron chi connectivity index (χ4n) is 2.04. The van der Waals surface area contributed by atoms with Crippen LogP contribution in [0.4, 0.5) is 5.69 Å². The van der Waals surface area contributed by atoms with E-state index < -0.39 is 6.04 Å². The van der Waals surface area contributed by atoms with Gasteiger partial charge in [0.2, 0.25) is 0 Å². The molecule has 2 rings (SSSR count). The molecule has 0 aliphatic rings. The van der Waals surface area contributed by atoms with Gasteiger partial charge < -0.3 is 16.2 Å². The summed E-state index contributed by atoms with van der Waals surface area (Å²) in [7, 11) is 0. The molecule has 0 fully saturated rings. The van der Waals surface area contributed by atoms with Crippen molar-refractivity contribution in [2.75, 3.05) is 11.9 Å². The van der Waals surface area contributed by atoms with Gasteiger partial charge in [0.25, 0.3) is 5.91 Å². The number of carbonyl (C=O) groups excluding carboxylic acids is 1. The number of nitrogens with two attached hydrogens (primary N) is 1. The summed E-state index contributed by atoms with van der Waals surface area (Å²) in [6, 6.07) is 11.6. The van der Waals surface area contributed by atoms with Gasteiger partial charge in [-0.05, 0) is 36.2 Å². The van der Waals surface area contributed by atoms with E-state index >= 15 is 0 Å². The molecular weight excluding hydrogens is 323 g/mol. The van der Waals surface area contributed by atoms with Crippen LogP contribution >= 0.6 is 23.2 Å². The Kier molecular flexibility index (Phi) is 5.80. The summed E-state index contributed by atoms with van der Waals surface area (Å²) in [6.07, 6.45) is 0.418. The summed E-state index contributed by atoms with van der Waals surface area (Å²) >= 11 is 11.8. The monoisotopic (exact) mass is 338 g/mol. The predicted octanol–water partition coefficient (Wildman–Crippen LogP) is 3.11. The number of carbonyl (C=O) groups is 1. The third-order valence-corrected chi connectivity index (χ3v) is 3.90. The van der Waals surface area contributed by atoms with E-state index in [2.05, 4.69) is 5.32 Å². The average Bonchev–Trinajstić information content (AvgIpc) is 2.51. The normalized spacial score (nSPS) is 12.0. The minimum absolute atomic E-state index is 0.136. The standard InChI is InChI=1S/C16H16Cl2N2O2/c17-14-6-5-12(8-15(14)18)20-16(22)13-4-2-1-3-10(13)7-11(19)9-21/h1-6,8,11,21H,7,9,19H2,(H,20,22)/t11-/m1/s1. The second-order valence-electron chi connectivity index (χ2n) is 4.89. The van der Waals surface area contributed by atoms with Crippen LogP contribution < -0.4 is 11.1 Å². The Morgan fingerprint density at radius 3 is 2.59 bits per heavy atom. The Morgan fingerprint density at radius 2 is 1.91 bits per heavy atom. The number of amides is 1. The molecule has 0 aliphatic carbocycles. The van der Waals surface area contributed by atoms with E-state index in [1.165, 1.54) is 0 Å². The maximum absolute atomic E-state index is 12.4. The zero-order valence-corrected chi connectivity index (χ0v) is 13.2. The molecule has 4 N–H and O–H groups in total. The van der Waals surface area contributed by atoms with Crippen LogP contribution in [0.2, 0.25) is 10.0 Å². The molecule has 0 unspecified atom stereocenters. The zero-order valence-electron chi connectivity index (χ0n) is 11.7.